The van der Waals surface area contributed by atoms with Gasteiger partial charge >= 0.3 is 0 Å². The van der Waals surface area contributed by atoms with Gasteiger partial charge in [-0.2, -0.15) is 0 Å². The second kappa shape index (κ2) is 18.0. The van der Waals surface area contributed by atoms with Gasteiger partial charge in [0.25, 0.3) is 0 Å². The van der Waals surface area contributed by atoms with Gasteiger partial charge in [-0.15, -0.1) is 0 Å². The molecule has 154 valence electrons. The zero-order valence-corrected chi connectivity index (χ0v) is 17.3. The minimum atomic E-state index is 0.134. The van der Waals surface area contributed by atoms with Gasteiger partial charge in [-0.05, 0) is 25.0 Å². The van der Waals surface area contributed by atoms with Crippen molar-refractivity contribution >= 4 is 11.6 Å². The van der Waals surface area contributed by atoms with Crippen molar-refractivity contribution in [2.75, 3.05) is 11.9 Å². The molecule has 0 spiro atoms. The normalized spacial score (nSPS) is 10.9. The highest BCUT2D eigenvalue weighted by molar-refractivity contribution is 5.90. The van der Waals surface area contributed by atoms with E-state index in [1.165, 1.54) is 83.5 Å². The Labute approximate surface area is 167 Å². The summed E-state index contributed by atoms with van der Waals surface area (Å²) < 4.78 is 0. The van der Waals surface area contributed by atoms with E-state index in [1.807, 2.05) is 30.3 Å². The summed E-state index contributed by atoms with van der Waals surface area (Å²) in [4.78, 5) is 11.8. The summed E-state index contributed by atoms with van der Waals surface area (Å²) >= 11 is 0. The van der Waals surface area contributed by atoms with E-state index in [4.69, 9.17) is 5.11 Å². The van der Waals surface area contributed by atoms with Crippen LogP contribution in [-0.4, -0.2) is 17.6 Å². The Balaban J connectivity index is 1.76. The molecule has 0 aliphatic heterocycles. The van der Waals surface area contributed by atoms with Crippen LogP contribution in [0, 0.1) is 0 Å². The monoisotopic (exact) mass is 375 g/mol. The Morgan fingerprint density at radius 2 is 1.04 bits per heavy atom. The van der Waals surface area contributed by atoms with E-state index in [0.29, 0.717) is 13.0 Å². The molecule has 0 aliphatic rings. The number of aliphatic hydroxyl groups excluding tert-OH is 1. The van der Waals surface area contributed by atoms with Crippen LogP contribution in [0.1, 0.15) is 103 Å². The van der Waals surface area contributed by atoms with Crippen LogP contribution in [0.15, 0.2) is 30.3 Å². The van der Waals surface area contributed by atoms with Crippen molar-refractivity contribution in [2.24, 2.45) is 0 Å². The van der Waals surface area contributed by atoms with Crippen molar-refractivity contribution in [3.8, 4) is 0 Å². The first-order valence-electron chi connectivity index (χ1n) is 11.3. The van der Waals surface area contributed by atoms with Crippen molar-refractivity contribution < 1.29 is 9.90 Å². The quantitative estimate of drug-likeness (QED) is 0.275. The number of hydrogen-bond acceptors (Lipinski definition) is 2. The summed E-state index contributed by atoms with van der Waals surface area (Å²) in [6.07, 6.45) is 19.8. The van der Waals surface area contributed by atoms with Crippen molar-refractivity contribution in [3.63, 3.8) is 0 Å². The number of carbonyl (C=O) groups excluding carboxylic acids is 1. The number of aliphatic hydroxyl groups is 1. The third-order valence-corrected chi connectivity index (χ3v) is 5.12. The molecule has 0 atom stereocenters. The maximum absolute atomic E-state index is 11.8. The minimum Gasteiger partial charge on any atom is -0.396 e. The van der Waals surface area contributed by atoms with Crippen LogP contribution in [0.25, 0.3) is 0 Å². The number of hydrogen-bond donors (Lipinski definition) is 2. The van der Waals surface area contributed by atoms with Crippen LogP contribution in [0.5, 0.6) is 0 Å². The van der Waals surface area contributed by atoms with Gasteiger partial charge in [0.15, 0.2) is 0 Å². The fourth-order valence-electron chi connectivity index (χ4n) is 3.44. The lowest BCUT2D eigenvalue weighted by Gasteiger charge is -2.05. The molecule has 1 amide bonds. The molecule has 0 fully saturated rings. The average molecular weight is 376 g/mol. The number of carbonyl (C=O) groups is 1. The van der Waals surface area contributed by atoms with Crippen LogP contribution >= 0.6 is 0 Å². The summed E-state index contributed by atoms with van der Waals surface area (Å²) in [6, 6.07) is 9.69. The number of nitrogens with one attached hydrogen (secondary N) is 1. The lowest BCUT2D eigenvalue weighted by Crippen LogP contribution is -2.10. The average Bonchev–Trinajstić information content (AvgIpc) is 2.68. The third kappa shape index (κ3) is 15.4. The predicted octanol–water partition coefficient (Wildman–Crippen LogP) is 6.86. The molecule has 0 bridgehead atoms. The number of unbranched alkanes of at least 4 members (excludes halogenated alkanes) is 14. The largest absolute Gasteiger partial charge is 0.396 e. The molecule has 0 aliphatic carbocycles. The number of amides is 1. The van der Waals surface area contributed by atoms with Crippen LogP contribution in [0.4, 0.5) is 5.69 Å². The summed E-state index contributed by atoms with van der Waals surface area (Å²) in [7, 11) is 0. The SMILES string of the molecule is O=C(CCCCCCCCCCCCCCCCCO)Nc1ccccc1. The van der Waals surface area contributed by atoms with Crippen molar-refractivity contribution in [1.82, 2.24) is 0 Å². The second-order valence-electron chi connectivity index (χ2n) is 7.69. The first kappa shape index (κ1) is 23.7. The topological polar surface area (TPSA) is 49.3 Å². The molecule has 0 aromatic heterocycles. The van der Waals surface area contributed by atoms with E-state index < -0.39 is 0 Å². The Hall–Kier alpha value is -1.35. The van der Waals surface area contributed by atoms with Crippen LogP contribution < -0.4 is 5.32 Å². The molecule has 1 aromatic carbocycles. The summed E-state index contributed by atoms with van der Waals surface area (Å²) in [5.41, 5.74) is 0.893. The molecule has 0 heterocycles. The number of anilines is 1. The highest BCUT2D eigenvalue weighted by Crippen LogP contribution is 2.14. The maximum atomic E-state index is 11.8. The first-order valence-corrected chi connectivity index (χ1v) is 11.3. The van der Waals surface area contributed by atoms with Gasteiger partial charge in [-0.1, -0.05) is 102 Å². The summed E-state index contributed by atoms with van der Waals surface area (Å²) in [6.45, 7) is 0.351. The molecule has 1 rings (SSSR count). The molecule has 0 saturated heterocycles. The third-order valence-electron chi connectivity index (χ3n) is 5.12. The van der Waals surface area contributed by atoms with Gasteiger partial charge in [0.1, 0.15) is 0 Å². The van der Waals surface area contributed by atoms with E-state index in [-0.39, 0.29) is 5.91 Å². The Bertz CT molecular complexity index is 447. The van der Waals surface area contributed by atoms with Gasteiger partial charge in [-0.25, -0.2) is 0 Å². The molecule has 1 aromatic rings. The van der Waals surface area contributed by atoms with E-state index in [1.54, 1.807) is 0 Å². The van der Waals surface area contributed by atoms with Gasteiger partial charge in [0, 0.05) is 18.7 Å². The van der Waals surface area contributed by atoms with E-state index in [9.17, 15) is 4.79 Å². The van der Waals surface area contributed by atoms with Crippen LogP contribution in [0.2, 0.25) is 0 Å². The summed E-state index contributed by atoms with van der Waals surface area (Å²) in [5.74, 6) is 0.134. The van der Waals surface area contributed by atoms with E-state index in [2.05, 4.69) is 5.32 Å². The highest BCUT2D eigenvalue weighted by atomic mass is 16.2. The molecule has 27 heavy (non-hydrogen) atoms. The van der Waals surface area contributed by atoms with Gasteiger partial charge in [0.05, 0.1) is 0 Å². The first-order chi connectivity index (χ1) is 13.3. The van der Waals surface area contributed by atoms with Gasteiger partial charge in [0.2, 0.25) is 5.91 Å². The zero-order chi connectivity index (χ0) is 19.4. The predicted molar refractivity (Wildman–Crippen MR) is 116 cm³/mol. The molecule has 0 unspecified atom stereocenters. The molecule has 0 saturated carbocycles. The number of benzene rings is 1. The zero-order valence-electron chi connectivity index (χ0n) is 17.3. The van der Waals surface area contributed by atoms with Crippen molar-refractivity contribution in [1.29, 1.82) is 0 Å². The lowest BCUT2D eigenvalue weighted by atomic mass is 10.0. The Morgan fingerprint density at radius 3 is 1.48 bits per heavy atom. The van der Waals surface area contributed by atoms with Gasteiger partial charge in [-0.3, -0.25) is 4.79 Å². The summed E-state index contributed by atoms with van der Waals surface area (Å²) in [5, 5.41) is 11.7. The highest BCUT2D eigenvalue weighted by Gasteiger charge is 2.01. The maximum Gasteiger partial charge on any atom is 0.224 e. The molecular weight excluding hydrogens is 334 g/mol. The van der Waals surface area contributed by atoms with E-state index in [0.717, 1.165) is 18.5 Å². The fourth-order valence-corrected chi connectivity index (χ4v) is 3.44. The number of para-hydroxylation sites is 1. The molecular formula is C24H41NO2. The van der Waals surface area contributed by atoms with Gasteiger partial charge < -0.3 is 10.4 Å². The van der Waals surface area contributed by atoms with Crippen LogP contribution in [0.3, 0.4) is 0 Å². The minimum absolute atomic E-state index is 0.134. The lowest BCUT2D eigenvalue weighted by molar-refractivity contribution is -0.116. The Kier molecular flexibility index (Phi) is 15.8. The Morgan fingerprint density at radius 1 is 0.630 bits per heavy atom. The smallest absolute Gasteiger partial charge is 0.224 e. The number of rotatable bonds is 18. The second-order valence-corrected chi connectivity index (χ2v) is 7.69. The van der Waals surface area contributed by atoms with Crippen LogP contribution in [-0.2, 0) is 4.79 Å². The van der Waals surface area contributed by atoms with Crippen molar-refractivity contribution in [2.45, 2.75) is 103 Å². The van der Waals surface area contributed by atoms with E-state index >= 15 is 0 Å². The molecule has 0 radical (unpaired) electrons. The molecule has 2 N–H and O–H groups in total. The van der Waals surface area contributed by atoms with Crippen molar-refractivity contribution in [3.05, 3.63) is 30.3 Å². The molecule has 3 nitrogen and oxygen atoms in total. The fraction of sp³-hybridized carbons (Fsp3) is 0.708. The standard InChI is InChI=1S/C24H41NO2/c26-22-18-13-11-9-7-5-3-1-2-4-6-8-10-12-17-21-24(27)25-23-19-15-14-16-20-23/h14-16,19-20,26H,1-13,17-18,21-22H2,(H,25,27). The molecule has 3 heteroatoms.